The lowest BCUT2D eigenvalue weighted by atomic mass is 10.2. The lowest BCUT2D eigenvalue weighted by molar-refractivity contribution is 0.102. The molecular formula is C11H11FN6O. The molecule has 2 aromatic rings. The molecule has 0 saturated carbocycles. The predicted molar refractivity (Wildman–Crippen MR) is 64.1 cm³/mol. The average molecular weight is 262 g/mol. The monoisotopic (exact) mass is 262 g/mol. The summed E-state index contributed by atoms with van der Waals surface area (Å²) < 4.78 is 14.3. The Morgan fingerprint density at radius 3 is 2.95 bits per heavy atom. The molecule has 1 aliphatic heterocycles. The molecule has 2 aromatic heterocycles. The summed E-state index contributed by atoms with van der Waals surface area (Å²) in [6.45, 7) is 1.65. The molecule has 8 heteroatoms. The molecule has 0 atom stereocenters. The molecule has 1 fully saturated rings. The van der Waals surface area contributed by atoms with E-state index in [1.165, 1.54) is 12.1 Å². The van der Waals surface area contributed by atoms with E-state index in [4.69, 9.17) is 0 Å². The molecule has 0 aliphatic carbocycles. The molecule has 98 valence electrons. The molecule has 1 aliphatic rings. The van der Waals surface area contributed by atoms with Crippen molar-refractivity contribution in [2.75, 3.05) is 18.4 Å². The Morgan fingerprint density at radius 1 is 1.47 bits per heavy atom. The normalized spacial score (nSPS) is 15.0. The van der Waals surface area contributed by atoms with Crippen molar-refractivity contribution in [3.63, 3.8) is 0 Å². The first-order chi connectivity index (χ1) is 9.22. The second-order valence-corrected chi connectivity index (χ2v) is 4.21. The van der Waals surface area contributed by atoms with Crippen molar-refractivity contribution in [3.8, 4) is 0 Å². The number of halogens is 1. The predicted octanol–water partition coefficient (Wildman–Crippen LogP) is 0.209. The first kappa shape index (κ1) is 11.7. The number of hydrogen-bond acceptors (Lipinski definition) is 5. The number of pyridine rings is 1. The number of carbonyl (C=O) groups is 1. The van der Waals surface area contributed by atoms with E-state index in [1.807, 2.05) is 0 Å². The number of aromatic nitrogens is 4. The van der Waals surface area contributed by atoms with Crippen LogP contribution < -0.4 is 10.6 Å². The zero-order valence-corrected chi connectivity index (χ0v) is 9.88. The topological polar surface area (TPSA) is 84.7 Å². The van der Waals surface area contributed by atoms with Crippen molar-refractivity contribution in [2.24, 2.45) is 0 Å². The summed E-state index contributed by atoms with van der Waals surface area (Å²) in [6.07, 6.45) is 2.62. The zero-order valence-electron chi connectivity index (χ0n) is 9.88. The summed E-state index contributed by atoms with van der Waals surface area (Å²) in [4.78, 5) is 15.6. The van der Waals surface area contributed by atoms with Crippen molar-refractivity contribution in [3.05, 3.63) is 36.0 Å². The molecule has 19 heavy (non-hydrogen) atoms. The van der Waals surface area contributed by atoms with Crippen LogP contribution >= 0.6 is 0 Å². The quantitative estimate of drug-likeness (QED) is 0.826. The van der Waals surface area contributed by atoms with Gasteiger partial charge in [0, 0.05) is 13.1 Å². The van der Waals surface area contributed by atoms with E-state index in [9.17, 15) is 9.18 Å². The van der Waals surface area contributed by atoms with Gasteiger partial charge in [-0.15, -0.1) is 5.10 Å². The Morgan fingerprint density at radius 2 is 2.32 bits per heavy atom. The smallest absolute Gasteiger partial charge is 0.278 e. The van der Waals surface area contributed by atoms with Crippen LogP contribution in [0.5, 0.6) is 0 Å². The fourth-order valence-electron chi connectivity index (χ4n) is 1.65. The Bertz CT molecular complexity index is 591. The molecule has 1 saturated heterocycles. The van der Waals surface area contributed by atoms with E-state index in [2.05, 4.69) is 25.9 Å². The lowest BCUT2D eigenvalue weighted by Gasteiger charge is -2.26. The van der Waals surface area contributed by atoms with Gasteiger partial charge in [-0.05, 0) is 12.1 Å². The fourth-order valence-corrected chi connectivity index (χ4v) is 1.65. The third kappa shape index (κ3) is 2.43. The van der Waals surface area contributed by atoms with Crippen LogP contribution in [0.4, 0.5) is 10.2 Å². The summed E-state index contributed by atoms with van der Waals surface area (Å²) in [7, 11) is 0. The fraction of sp³-hybridized carbons (Fsp3) is 0.273. The highest BCUT2D eigenvalue weighted by atomic mass is 19.1. The Balaban J connectivity index is 1.69. The third-order valence-electron chi connectivity index (χ3n) is 2.85. The van der Waals surface area contributed by atoms with Crippen LogP contribution in [0.15, 0.2) is 24.5 Å². The van der Waals surface area contributed by atoms with Gasteiger partial charge in [-0.2, -0.15) is 0 Å². The maximum Gasteiger partial charge on any atom is 0.278 e. The summed E-state index contributed by atoms with van der Waals surface area (Å²) in [5, 5.41) is 13.3. The minimum absolute atomic E-state index is 0.207. The van der Waals surface area contributed by atoms with Crippen LogP contribution in [0.3, 0.4) is 0 Å². The number of amides is 1. The second-order valence-electron chi connectivity index (χ2n) is 4.21. The molecule has 1 amide bonds. The Hall–Kier alpha value is -2.35. The highest BCUT2D eigenvalue weighted by Gasteiger charge is 2.21. The Kier molecular flexibility index (Phi) is 2.92. The van der Waals surface area contributed by atoms with Gasteiger partial charge in [0.2, 0.25) is 0 Å². The summed E-state index contributed by atoms with van der Waals surface area (Å²) in [6, 6.07) is 2.85. The minimum atomic E-state index is -0.457. The highest BCUT2D eigenvalue weighted by molar-refractivity contribution is 6.01. The van der Waals surface area contributed by atoms with E-state index in [-0.39, 0.29) is 17.6 Å². The molecule has 3 heterocycles. The van der Waals surface area contributed by atoms with Gasteiger partial charge in [0.1, 0.15) is 11.6 Å². The van der Waals surface area contributed by atoms with Gasteiger partial charge in [-0.25, -0.2) is 14.1 Å². The van der Waals surface area contributed by atoms with Crippen molar-refractivity contribution in [2.45, 2.75) is 6.04 Å². The van der Waals surface area contributed by atoms with Crippen LogP contribution in [-0.2, 0) is 0 Å². The van der Waals surface area contributed by atoms with E-state index in [1.54, 1.807) is 10.9 Å². The molecule has 7 nitrogen and oxygen atoms in total. The van der Waals surface area contributed by atoms with Crippen LogP contribution in [-0.4, -0.2) is 39.0 Å². The zero-order chi connectivity index (χ0) is 13.2. The number of hydrogen-bond donors (Lipinski definition) is 2. The van der Waals surface area contributed by atoms with E-state index < -0.39 is 11.7 Å². The summed E-state index contributed by atoms with van der Waals surface area (Å²) in [5.74, 6) is -0.606. The second kappa shape index (κ2) is 4.73. The number of nitrogens with one attached hydrogen (secondary N) is 2. The molecule has 0 radical (unpaired) electrons. The van der Waals surface area contributed by atoms with E-state index in [0.29, 0.717) is 0 Å². The first-order valence-corrected chi connectivity index (χ1v) is 5.78. The molecule has 2 N–H and O–H groups in total. The third-order valence-corrected chi connectivity index (χ3v) is 2.85. The lowest BCUT2D eigenvalue weighted by Crippen LogP contribution is -2.43. The molecule has 3 rings (SSSR count). The van der Waals surface area contributed by atoms with Crippen molar-refractivity contribution in [1.82, 2.24) is 25.3 Å². The number of anilines is 1. The number of nitrogens with zero attached hydrogens (tertiary/aromatic N) is 4. The van der Waals surface area contributed by atoms with Crippen molar-refractivity contribution >= 4 is 11.7 Å². The molecule has 0 spiro atoms. The number of carbonyl (C=O) groups excluding carboxylic acids is 1. The molecule has 0 bridgehead atoms. The van der Waals surface area contributed by atoms with Gasteiger partial charge in [0.05, 0.1) is 18.4 Å². The molecule has 0 aromatic carbocycles. The largest absolute Gasteiger partial charge is 0.312 e. The van der Waals surface area contributed by atoms with Crippen LogP contribution in [0.1, 0.15) is 16.5 Å². The molecule has 0 unspecified atom stereocenters. The van der Waals surface area contributed by atoms with Gasteiger partial charge in [-0.3, -0.25) is 4.79 Å². The Labute approximate surface area is 107 Å². The van der Waals surface area contributed by atoms with E-state index >= 15 is 0 Å². The highest BCUT2D eigenvalue weighted by Crippen LogP contribution is 2.11. The summed E-state index contributed by atoms with van der Waals surface area (Å²) in [5.41, 5.74) is 0.207. The van der Waals surface area contributed by atoms with Gasteiger partial charge in [0.15, 0.2) is 5.69 Å². The van der Waals surface area contributed by atoms with Crippen LogP contribution in [0, 0.1) is 5.82 Å². The SMILES string of the molecule is O=C(Nc1ccc(F)cn1)c1cn(C2CNC2)nn1. The maximum atomic E-state index is 12.7. The van der Waals surface area contributed by atoms with E-state index in [0.717, 1.165) is 19.3 Å². The van der Waals surface area contributed by atoms with Crippen LogP contribution in [0.2, 0.25) is 0 Å². The maximum absolute atomic E-state index is 12.7. The van der Waals surface area contributed by atoms with Gasteiger partial charge >= 0.3 is 0 Å². The van der Waals surface area contributed by atoms with Crippen molar-refractivity contribution in [1.29, 1.82) is 0 Å². The van der Waals surface area contributed by atoms with Gasteiger partial charge in [-0.1, -0.05) is 5.21 Å². The van der Waals surface area contributed by atoms with Gasteiger partial charge in [0.25, 0.3) is 5.91 Å². The van der Waals surface area contributed by atoms with Gasteiger partial charge < -0.3 is 10.6 Å². The summed E-state index contributed by atoms with van der Waals surface area (Å²) >= 11 is 0. The molecular weight excluding hydrogens is 251 g/mol. The van der Waals surface area contributed by atoms with Crippen LogP contribution in [0.25, 0.3) is 0 Å². The number of rotatable bonds is 3. The minimum Gasteiger partial charge on any atom is -0.312 e. The first-order valence-electron chi connectivity index (χ1n) is 5.78. The van der Waals surface area contributed by atoms with Crippen molar-refractivity contribution < 1.29 is 9.18 Å². The standard InChI is InChI=1S/C11H11FN6O/c12-7-1-2-10(14-3-7)15-11(19)9-6-18(17-16-9)8-4-13-5-8/h1-3,6,8,13H,4-5H2,(H,14,15,19). The average Bonchev–Trinajstić information content (AvgIpc) is 2.79.